The number of nitrogens with one attached hydrogen (secondary N) is 1. The number of hydrogen-bond acceptors (Lipinski definition) is 3. The zero-order valence-electron chi connectivity index (χ0n) is 18.9. The molecule has 0 saturated heterocycles. The standard InChI is InChI=1S/C28H24I2N2O2/c1-18-10-11-19(2)23(12-18)15-27(33)32-31-16-20-13-25(29)28(26(30)14-20)34-17-22-8-5-7-21-6-3-4-9-24(21)22/h3-14,16H,15,17H2,1-2H3,(H,32,33)/b31-16+. The van der Waals surface area contributed by atoms with Gasteiger partial charge in [0.25, 0.3) is 0 Å². The number of carbonyl (C=O) groups excluding carboxylic acids is 1. The summed E-state index contributed by atoms with van der Waals surface area (Å²) in [7, 11) is 0. The van der Waals surface area contributed by atoms with E-state index in [2.05, 4.69) is 86.0 Å². The minimum Gasteiger partial charge on any atom is -0.487 e. The molecule has 6 heteroatoms. The molecule has 0 unspecified atom stereocenters. The molecule has 4 aromatic carbocycles. The number of hydrogen-bond donors (Lipinski definition) is 1. The summed E-state index contributed by atoms with van der Waals surface area (Å²) in [6.45, 7) is 4.53. The summed E-state index contributed by atoms with van der Waals surface area (Å²) in [5.41, 5.74) is 7.96. The molecule has 0 aliphatic heterocycles. The fourth-order valence-electron chi connectivity index (χ4n) is 3.74. The first-order valence-electron chi connectivity index (χ1n) is 10.9. The Hall–Kier alpha value is -2.46. The van der Waals surface area contributed by atoms with E-state index in [1.165, 1.54) is 10.8 Å². The van der Waals surface area contributed by atoms with Crippen LogP contribution in [0, 0.1) is 21.0 Å². The first-order chi connectivity index (χ1) is 16.4. The number of ether oxygens (including phenoxy) is 1. The smallest absolute Gasteiger partial charge is 0.244 e. The van der Waals surface area contributed by atoms with E-state index in [1.54, 1.807) is 6.21 Å². The summed E-state index contributed by atoms with van der Waals surface area (Å²) in [6.07, 6.45) is 1.97. The summed E-state index contributed by atoms with van der Waals surface area (Å²) in [5.74, 6) is 0.717. The molecule has 0 saturated carbocycles. The highest BCUT2D eigenvalue weighted by atomic mass is 127. The van der Waals surface area contributed by atoms with Crippen LogP contribution in [-0.4, -0.2) is 12.1 Å². The van der Waals surface area contributed by atoms with Gasteiger partial charge in [0.1, 0.15) is 12.4 Å². The topological polar surface area (TPSA) is 50.7 Å². The number of carbonyl (C=O) groups is 1. The van der Waals surface area contributed by atoms with E-state index in [4.69, 9.17) is 4.74 Å². The van der Waals surface area contributed by atoms with Gasteiger partial charge in [-0.15, -0.1) is 0 Å². The normalized spacial score (nSPS) is 11.2. The van der Waals surface area contributed by atoms with E-state index in [-0.39, 0.29) is 5.91 Å². The van der Waals surface area contributed by atoms with Crippen molar-refractivity contribution in [2.75, 3.05) is 0 Å². The van der Waals surface area contributed by atoms with Gasteiger partial charge in [0, 0.05) is 0 Å². The minimum absolute atomic E-state index is 0.135. The molecule has 0 bridgehead atoms. The minimum atomic E-state index is -0.135. The lowest BCUT2D eigenvalue weighted by atomic mass is 10.0. The molecule has 1 N–H and O–H groups in total. The van der Waals surface area contributed by atoms with Gasteiger partial charge >= 0.3 is 0 Å². The Kier molecular flexibility index (Phi) is 8.20. The zero-order chi connectivity index (χ0) is 24.1. The Bertz CT molecular complexity index is 1350. The molecule has 0 fully saturated rings. The first-order valence-corrected chi connectivity index (χ1v) is 13.0. The fraction of sp³-hybridized carbons (Fsp3) is 0.143. The van der Waals surface area contributed by atoms with Crippen molar-refractivity contribution < 1.29 is 9.53 Å². The lowest BCUT2D eigenvalue weighted by molar-refractivity contribution is -0.120. The number of rotatable bonds is 7. The number of fused-ring (bicyclic) bond motifs is 1. The Morgan fingerprint density at radius 3 is 2.47 bits per heavy atom. The first kappa shape index (κ1) is 24.7. The van der Waals surface area contributed by atoms with Gasteiger partial charge in [-0.05, 0) is 104 Å². The number of amides is 1. The number of nitrogens with zero attached hydrogens (tertiary/aromatic N) is 1. The Morgan fingerprint density at radius 1 is 0.941 bits per heavy atom. The Labute approximate surface area is 227 Å². The molecule has 4 nitrogen and oxygen atoms in total. The fourth-order valence-corrected chi connectivity index (χ4v) is 5.87. The summed E-state index contributed by atoms with van der Waals surface area (Å²) in [6, 6.07) is 24.7. The van der Waals surface area contributed by atoms with Crippen molar-refractivity contribution in [3.8, 4) is 5.75 Å². The summed E-state index contributed by atoms with van der Waals surface area (Å²) in [5, 5.41) is 6.57. The third-order valence-electron chi connectivity index (χ3n) is 5.53. The second-order valence-electron chi connectivity index (χ2n) is 8.14. The second kappa shape index (κ2) is 11.3. The van der Waals surface area contributed by atoms with E-state index >= 15 is 0 Å². The van der Waals surface area contributed by atoms with Crippen molar-refractivity contribution >= 4 is 68.1 Å². The second-order valence-corrected chi connectivity index (χ2v) is 10.5. The molecule has 0 heterocycles. The molecule has 1 amide bonds. The predicted molar refractivity (Wildman–Crippen MR) is 156 cm³/mol. The third kappa shape index (κ3) is 6.15. The highest BCUT2D eigenvalue weighted by Gasteiger charge is 2.10. The maximum Gasteiger partial charge on any atom is 0.244 e. The molecule has 4 rings (SSSR count). The van der Waals surface area contributed by atoms with Gasteiger partial charge in [-0.25, -0.2) is 5.43 Å². The summed E-state index contributed by atoms with van der Waals surface area (Å²) in [4.78, 5) is 12.3. The number of hydrazone groups is 1. The van der Waals surface area contributed by atoms with Gasteiger partial charge in [-0.1, -0.05) is 66.2 Å². The zero-order valence-corrected chi connectivity index (χ0v) is 23.3. The van der Waals surface area contributed by atoms with Gasteiger partial charge in [-0.3, -0.25) is 4.79 Å². The molecule has 0 aliphatic rings. The van der Waals surface area contributed by atoms with Crippen molar-refractivity contribution in [3.05, 3.63) is 108 Å². The van der Waals surface area contributed by atoms with Gasteiger partial charge in [0.15, 0.2) is 0 Å². The monoisotopic (exact) mass is 674 g/mol. The van der Waals surface area contributed by atoms with Crippen LogP contribution in [0.3, 0.4) is 0 Å². The van der Waals surface area contributed by atoms with E-state index < -0.39 is 0 Å². The number of aryl methyl sites for hydroxylation is 2. The summed E-state index contributed by atoms with van der Waals surface area (Å²) < 4.78 is 8.20. The van der Waals surface area contributed by atoms with Crippen LogP contribution in [0.15, 0.2) is 77.9 Å². The molecule has 34 heavy (non-hydrogen) atoms. The molecule has 0 radical (unpaired) electrons. The van der Waals surface area contributed by atoms with E-state index in [0.717, 1.165) is 40.7 Å². The van der Waals surface area contributed by atoms with Crippen molar-refractivity contribution in [3.63, 3.8) is 0 Å². The van der Waals surface area contributed by atoms with Crippen LogP contribution in [0.25, 0.3) is 10.8 Å². The van der Waals surface area contributed by atoms with Crippen LogP contribution in [0.5, 0.6) is 5.75 Å². The van der Waals surface area contributed by atoms with Gasteiger partial charge in [0.05, 0.1) is 19.8 Å². The van der Waals surface area contributed by atoms with Crippen LogP contribution in [0.4, 0.5) is 0 Å². The Morgan fingerprint density at radius 2 is 1.68 bits per heavy atom. The lowest BCUT2D eigenvalue weighted by Crippen LogP contribution is -2.20. The molecule has 0 atom stereocenters. The van der Waals surface area contributed by atoms with Gasteiger partial charge < -0.3 is 4.74 Å². The van der Waals surface area contributed by atoms with Crippen LogP contribution >= 0.6 is 45.2 Å². The van der Waals surface area contributed by atoms with E-state index in [0.29, 0.717) is 13.0 Å². The molecule has 172 valence electrons. The van der Waals surface area contributed by atoms with Gasteiger partial charge in [-0.2, -0.15) is 5.10 Å². The maximum atomic E-state index is 12.3. The van der Waals surface area contributed by atoms with Crippen molar-refractivity contribution in [1.29, 1.82) is 0 Å². The van der Waals surface area contributed by atoms with Crippen LogP contribution in [0.1, 0.15) is 27.8 Å². The third-order valence-corrected chi connectivity index (χ3v) is 7.13. The van der Waals surface area contributed by atoms with Crippen LogP contribution in [0.2, 0.25) is 0 Å². The van der Waals surface area contributed by atoms with Crippen molar-refractivity contribution in [1.82, 2.24) is 5.43 Å². The average Bonchev–Trinajstić information content (AvgIpc) is 2.81. The molecular formula is C28H24I2N2O2. The number of benzene rings is 4. The SMILES string of the molecule is Cc1ccc(C)c(CC(=O)N/N=C/c2cc(I)c(OCc3cccc4ccccc34)c(I)c2)c1. The quantitative estimate of drug-likeness (QED) is 0.131. The lowest BCUT2D eigenvalue weighted by Gasteiger charge is -2.13. The molecule has 4 aromatic rings. The van der Waals surface area contributed by atoms with Gasteiger partial charge in [0.2, 0.25) is 5.91 Å². The molecule has 0 aliphatic carbocycles. The molecular weight excluding hydrogens is 650 g/mol. The van der Waals surface area contributed by atoms with Crippen molar-refractivity contribution in [2.24, 2.45) is 5.10 Å². The Balaban J connectivity index is 1.40. The predicted octanol–water partition coefficient (Wildman–Crippen LogP) is 6.94. The highest BCUT2D eigenvalue weighted by molar-refractivity contribution is 14.1. The molecule has 0 spiro atoms. The number of halogens is 2. The highest BCUT2D eigenvalue weighted by Crippen LogP contribution is 2.30. The molecule has 0 aromatic heterocycles. The van der Waals surface area contributed by atoms with E-state index in [9.17, 15) is 4.79 Å². The summed E-state index contributed by atoms with van der Waals surface area (Å²) >= 11 is 4.56. The van der Waals surface area contributed by atoms with Crippen molar-refractivity contribution in [2.45, 2.75) is 26.9 Å². The van der Waals surface area contributed by atoms with Crippen LogP contribution < -0.4 is 10.2 Å². The largest absolute Gasteiger partial charge is 0.487 e. The average molecular weight is 674 g/mol. The maximum absolute atomic E-state index is 12.3. The van der Waals surface area contributed by atoms with E-state index in [1.807, 2.05) is 56.3 Å². The van der Waals surface area contributed by atoms with Crippen LogP contribution in [-0.2, 0) is 17.8 Å².